The summed E-state index contributed by atoms with van der Waals surface area (Å²) >= 11 is 0. The van der Waals surface area contributed by atoms with E-state index in [1.165, 1.54) is 5.56 Å². The van der Waals surface area contributed by atoms with Crippen LogP contribution in [0.4, 0.5) is 0 Å². The third-order valence-electron chi connectivity index (χ3n) is 4.62. The van der Waals surface area contributed by atoms with Gasteiger partial charge in [-0.3, -0.25) is 4.79 Å². The van der Waals surface area contributed by atoms with Gasteiger partial charge in [0.15, 0.2) is 0 Å². The second-order valence-electron chi connectivity index (χ2n) is 6.02. The Morgan fingerprint density at radius 1 is 1.14 bits per heavy atom. The number of carboxylic acid groups (broad SMARTS) is 1. The Morgan fingerprint density at radius 3 is 2.38 bits per heavy atom. The monoisotopic (exact) mass is 284 g/mol. The number of aliphatic carboxylic acids is 1. The van der Waals surface area contributed by atoms with Gasteiger partial charge in [0.05, 0.1) is 5.92 Å². The normalized spacial score (nSPS) is 29.6. The molecule has 4 heteroatoms. The van der Waals surface area contributed by atoms with E-state index in [1.54, 1.807) is 0 Å². The van der Waals surface area contributed by atoms with E-state index in [2.05, 4.69) is 5.32 Å². The number of hydrogen-bond donors (Lipinski definition) is 1. The number of carbonyl (C=O) groups excluding carboxylic acids is 2. The second kappa shape index (κ2) is 5.35. The van der Waals surface area contributed by atoms with Crippen LogP contribution in [0.2, 0.25) is 0 Å². The maximum absolute atomic E-state index is 12.4. The van der Waals surface area contributed by atoms with E-state index in [0.717, 1.165) is 12.0 Å². The van der Waals surface area contributed by atoms with Gasteiger partial charge in [-0.1, -0.05) is 42.0 Å². The second-order valence-corrected chi connectivity index (χ2v) is 6.02. The highest BCUT2D eigenvalue weighted by Gasteiger charge is 2.48. The predicted molar refractivity (Wildman–Crippen MR) is 75.7 cm³/mol. The summed E-state index contributed by atoms with van der Waals surface area (Å²) in [6.45, 7) is 2.44. The van der Waals surface area contributed by atoms with Crippen LogP contribution in [0, 0.1) is 30.6 Å². The number of amides is 1. The lowest BCUT2D eigenvalue weighted by molar-refractivity contribution is -0.313. The highest BCUT2D eigenvalue weighted by atomic mass is 16.4. The first-order valence-electron chi connectivity index (χ1n) is 7.28. The van der Waals surface area contributed by atoms with Crippen molar-refractivity contribution < 1.29 is 14.7 Å². The van der Waals surface area contributed by atoms with E-state index in [9.17, 15) is 14.7 Å². The zero-order chi connectivity index (χ0) is 15.0. The molecule has 1 fully saturated rings. The topological polar surface area (TPSA) is 69.2 Å². The van der Waals surface area contributed by atoms with Gasteiger partial charge in [-0.2, -0.15) is 0 Å². The summed E-state index contributed by atoms with van der Waals surface area (Å²) in [7, 11) is 0. The molecule has 0 spiro atoms. The minimum absolute atomic E-state index is 0.0379. The first-order chi connectivity index (χ1) is 10.1. The minimum atomic E-state index is -1.11. The van der Waals surface area contributed by atoms with E-state index >= 15 is 0 Å². The summed E-state index contributed by atoms with van der Waals surface area (Å²) in [6, 6.07) is 7.91. The largest absolute Gasteiger partial charge is 0.550 e. The number of nitrogens with one attached hydrogen (secondary N) is 1. The number of benzene rings is 1. The van der Waals surface area contributed by atoms with Gasteiger partial charge in [0, 0.05) is 18.4 Å². The average Bonchev–Trinajstić information content (AvgIpc) is 3.06. The molecular formula is C17H18NO3-. The van der Waals surface area contributed by atoms with Gasteiger partial charge in [0.25, 0.3) is 0 Å². The van der Waals surface area contributed by atoms with E-state index in [4.69, 9.17) is 0 Å². The lowest BCUT2D eigenvalue weighted by Gasteiger charge is -2.27. The fraction of sp³-hybridized carbons (Fsp3) is 0.412. The number of allylic oxidation sites excluding steroid dienone is 2. The molecule has 21 heavy (non-hydrogen) atoms. The van der Waals surface area contributed by atoms with Crippen LogP contribution >= 0.6 is 0 Å². The number of aryl methyl sites for hydroxylation is 1. The number of rotatable bonds is 4. The van der Waals surface area contributed by atoms with Crippen LogP contribution in [0.25, 0.3) is 0 Å². The van der Waals surface area contributed by atoms with Crippen molar-refractivity contribution in [3.63, 3.8) is 0 Å². The standard InChI is InChI=1S/C17H19NO3/c1-10-2-4-11(5-3-10)9-18-16(19)14-12-6-7-13(8-12)15(14)17(20)21/h2-7,12-15H,8-9H2,1H3,(H,18,19)(H,20,21)/p-1/t12-,13+,14+,15+/m0/s1. The molecule has 1 aromatic rings. The van der Waals surface area contributed by atoms with Crippen molar-refractivity contribution in [2.75, 3.05) is 0 Å². The molecule has 1 saturated carbocycles. The maximum Gasteiger partial charge on any atom is 0.224 e. The predicted octanol–water partition coefficient (Wildman–Crippen LogP) is 0.799. The quantitative estimate of drug-likeness (QED) is 0.831. The third kappa shape index (κ3) is 2.58. The first-order valence-corrected chi connectivity index (χ1v) is 7.28. The van der Waals surface area contributed by atoms with E-state index in [0.29, 0.717) is 6.54 Å². The molecule has 2 aliphatic rings. The van der Waals surface area contributed by atoms with E-state index < -0.39 is 17.8 Å². The molecule has 0 radical (unpaired) electrons. The van der Waals surface area contributed by atoms with Crippen molar-refractivity contribution >= 4 is 11.9 Å². The molecule has 0 heterocycles. The summed E-state index contributed by atoms with van der Waals surface area (Å²) < 4.78 is 0. The molecule has 1 aromatic carbocycles. The van der Waals surface area contributed by atoms with Crippen LogP contribution < -0.4 is 10.4 Å². The first kappa shape index (κ1) is 13.9. The summed E-state index contributed by atoms with van der Waals surface area (Å²) in [5, 5.41) is 14.2. The van der Waals surface area contributed by atoms with Gasteiger partial charge < -0.3 is 15.2 Å². The fourth-order valence-electron chi connectivity index (χ4n) is 3.51. The summed E-state index contributed by atoms with van der Waals surface area (Å²) in [4.78, 5) is 23.6. The van der Waals surface area contributed by atoms with Crippen LogP contribution in [0.5, 0.6) is 0 Å². The average molecular weight is 284 g/mol. The van der Waals surface area contributed by atoms with Crippen molar-refractivity contribution in [3.8, 4) is 0 Å². The summed E-state index contributed by atoms with van der Waals surface area (Å²) in [6.07, 6.45) is 4.64. The lowest BCUT2D eigenvalue weighted by Crippen LogP contribution is -2.44. The fourth-order valence-corrected chi connectivity index (χ4v) is 3.51. The Morgan fingerprint density at radius 2 is 1.76 bits per heavy atom. The van der Waals surface area contributed by atoms with Gasteiger partial charge >= 0.3 is 0 Å². The highest BCUT2D eigenvalue weighted by Crippen LogP contribution is 2.47. The summed E-state index contributed by atoms with van der Waals surface area (Å²) in [5.41, 5.74) is 2.18. The number of carbonyl (C=O) groups is 2. The van der Waals surface area contributed by atoms with Crippen LogP contribution in [0.1, 0.15) is 17.5 Å². The molecule has 4 nitrogen and oxygen atoms in total. The van der Waals surface area contributed by atoms with E-state index in [-0.39, 0.29) is 17.7 Å². The van der Waals surface area contributed by atoms with Crippen LogP contribution in [0.15, 0.2) is 36.4 Å². The van der Waals surface area contributed by atoms with Gasteiger partial charge in [0.2, 0.25) is 5.91 Å². The van der Waals surface area contributed by atoms with Crippen molar-refractivity contribution in [2.24, 2.45) is 23.7 Å². The Balaban J connectivity index is 1.66. The van der Waals surface area contributed by atoms with Gasteiger partial charge in [-0.25, -0.2) is 0 Å². The van der Waals surface area contributed by atoms with Crippen molar-refractivity contribution in [3.05, 3.63) is 47.5 Å². The molecule has 0 saturated heterocycles. The third-order valence-corrected chi connectivity index (χ3v) is 4.62. The number of carboxylic acids is 1. The molecule has 110 valence electrons. The maximum atomic E-state index is 12.4. The molecule has 4 atom stereocenters. The SMILES string of the molecule is Cc1ccc(CNC(=O)[C@H]2[C@H](C(=O)[O-])[C@@H]3C=C[C@H]2C3)cc1. The summed E-state index contributed by atoms with van der Waals surface area (Å²) in [5.74, 6) is -2.47. The number of hydrogen-bond acceptors (Lipinski definition) is 3. The Bertz CT molecular complexity index is 591. The molecule has 2 bridgehead atoms. The zero-order valence-electron chi connectivity index (χ0n) is 11.9. The van der Waals surface area contributed by atoms with E-state index in [1.807, 2.05) is 43.3 Å². The van der Waals surface area contributed by atoms with Crippen molar-refractivity contribution in [1.82, 2.24) is 5.32 Å². The Labute approximate surface area is 123 Å². The lowest BCUT2D eigenvalue weighted by atomic mass is 9.82. The molecule has 1 N–H and O–H groups in total. The zero-order valence-corrected chi connectivity index (χ0v) is 11.9. The highest BCUT2D eigenvalue weighted by molar-refractivity contribution is 5.86. The molecule has 0 aliphatic heterocycles. The molecule has 3 rings (SSSR count). The molecule has 0 aromatic heterocycles. The van der Waals surface area contributed by atoms with Crippen LogP contribution in [-0.4, -0.2) is 11.9 Å². The Kier molecular flexibility index (Phi) is 3.53. The molecule has 2 aliphatic carbocycles. The number of fused-ring (bicyclic) bond motifs is 2. The van der Waals surface area contributed by atoms with Crippen LogP contribution in [0.3, 0.4) is 0 Å². The smallest absolute Gasteiger partial charge is 0.224 e. The van der Waals surface area contributed by atoms with Gasteiger partial charge in [-0.15, -0.1) is 0 Å². The van der Waals surface area contributed by atoms with Gasteiger partial charge in [0.1, 0.15) is 0 Å². The Hall–Kier alpha value is -2.10. The van der Waals surface area contributed by atoms with Crippen LogP contribution in [-0.2, 0) is 16.1 Å². The molecule has 1 amide bonds. The van der Waals surface area contributed by atoms with Crippen molar-refractivity contribution in [1.29, 1.82) is 0 Å². The minimum Gasteiger partial charge on any atom is -0.550 e. The van der Waals surface area contributed by atoms with Crippen molar-refractivity contribution in [2.45, 2.75) is 19.9 Å². The van der Waals surface area contributed by atoms with Gasteiger partial charge in [-0.05, 0) is 30.7 Å². The molecular weight excluding hydrogens is 266 g/mol. The molecule has 0 unspecified atom stereocenters.